The van der Waals surface area contributed by atoms with Gasteiger partial charge in [-0.3, -0.25) is 4.79 Å². The average molecular weight is 188 g/mol. The molecule has 0 atom stereocenters. The third kappa shape index (κ3) is 3.31. The van der Waals surface area contributed by atoms with E-state index in [4.69, 9.17) is 5.11 Å². The number of rotatable bonds is 3. The first-order valence-corrected chi connectivity index (χ1v) is 3.97. The number of carbonyl (C=O) groups is 2. The van der Waals surface area contributed by atoms with Gasteiger partial charge in [0.05, 0.1) is 5.41 Å². The number of carbonyl (C=O) groups excluding carboxylic acids is 1. The van der Waals surface area contributed by atoms with Crippen molar-refractivity contribution in [3.05, 3.63) is 0 Å². The minimum absolute atomic E-state index is 0.166. The van der Waals surface area contributed by atoms with Gasteiger partial charge in [0.25, 0.3) is 0 Å². The molecule has 0 radical (unpaired) electrons. The summed E-state index contributed by atoms with van der Waals surface area (Å²) in [6.45, 7) is 3.58. The molecule has 5 nitrogen and oxygen atoms in total. The minimum Gasteiger partial charge on any atom is -0.465 e. The van der Waals surface area contributed by atoms with Gasteiger partial charge in [-0.15, -0.1) is 0 Å². The molecular formula is C8H16N2O3. The molecule has 2 amide bonds. The molecule has 0 fully saturated rings. The maximum absolute atomic E-state index is 11.3. The second-order valence-electron chi connectivity index (χ2n) is 3.60. The van der Waals surface area contributed by atoms with Gasteiger partial charge in [-0.1, -0.05) is 0 Å². The van der Waals surface area contributed by atoms with E-state index in [1.165, 1.54) is 14.1 Å². The first kappa shape index (κ1) is 11.7. The van der Waals surface area contributed by atoms with E-state index in [0.717, 1.165) is 4.90 Å². The Morgan fingerprint density at radius 3 is 2.23 bits per heavy atom. The van der Waals surface area contributed by atoms with Crippen LogP contribution in [0.1, 0.15) is 13.8 Å². The monoisotopic (exact) mass is 188 g/mol. The van der Waals surface area contributed by atoms with Crippen LogP contribution in [-0.2, 0) is 4.79 Å². The molecule has 2 N–H and O–H groups in total. The Bertz CT molecular complexity index is 213. The van der Waals surface area contributed by atoms with Crippen LogP contribution in [0, 0.1) is 5.41 Å². The normalized spacial score (nSPS) is 10.8. The van der Waals surface area contributed by atoms with Gasteiger partial charge in [0.1, 0.15) is 0 Å². The molecule has 0 aliphatic rings. The quantitative estimate of drug-likeness (QED) is 0.672. The summed E-state index contributed by atoms with van der Waals surface area (Å²) in [6, 6.07) is 0. The third-order valence-electron chi connectivity index (χ3n) is 1.80. The average Bonchev–Trinajstić information content (AvgIpc) is 2.01. The Labute approximate surface area is 77.7 Å². The lowest BCUT2D eigenvalue weighted by Gasteiger charge is -2.26. The lowest BCUT2D eigenvalue weighted by Crippen LogP contribution is -2.44. The topological polar surface area (TPSA) is 69.6 Å². The van der Waals surface area contributed by atoms with Crippen LogP contribution in [0.25, 0.3) is 0 Å². The summed E-state index contributed by atoms with van der Waals surface area (Å²) in [5, 5.41) is 11.1. The van der Waals surface area contributed by atoms with Gasteiger partial charge in [-0.25, -0.2) is 4.79 Å². The lowest BCUT2D eigenvalue weighted by molar-refractivity contribution is -0.129. The second-order valence-corrected chi connectivity index (χ2v) is 3.60. The highest BCUT2D eigenvalue weighted by atomic mass is 16.4. The number of amides is 2. The fourth-order valence-electron chi connectivity index (χ4n) is 1.07. The van der Waals surface area contributed by atoms with Gasteiger partial charge >= 0.3 is 6.09 Å². The van der Waals surface area contributed by atoms with Gasteiger partial charge in [-0.2, -0.15) is 0 Å². The Morgan fingerprint density at radius 2 is 1.92 bits per heavy atom. The van der Waals surface area contributed by atoms with E-state index in [9.17, 15) is 9.59 Å². The number of nitrogens with one attached hydrogen (secondary N) is 1. The smallest absolute Gasteiger partial charge is 0.407 e. The second kappa shape index (κ2) is 4.11. The van der Waals surface area contributed by atoms with Crippen molar-refractivity contribution in [2.45, 2.75) is 13.8 Å². The maximum atomic E-state index is 11.3. The highest BCUT2D eigenvalue weighted by Gasteiger charge is 2.29. The van der Waals surface area contributed by atoms with Gasteiger partial charge in [-0.05, 0) is 13.8 Å². The van der Waals surface area contributed by atoms with Gasteiger partial charge in [0, 0.05) is 20.6 Å². The molecule has 0 bridgehead atoms. The van der Waals surface area contributed by atoms with Crippen LogP contribution in [0.5, 0.6) is 0 Å². The first-order valence-electron chi connectivity index (χ1n) is 3.97. The maximum Gasteiger partial charge on any atom is 0.407 e. The van der Waals surface area contributed by atoms with Crippen LogP contribution in [0.3, 0.4) is 0 Å². The van der Waals surface area contributed by atoms with Crippen molar-refractivity contribution in [3.63, 3.8) is 0 Å². The summed E-state index contributed by atoms with van der Waals surface area (Å²) in [5.74, 6) is -0.166. The fraction of sp³-hybridized carbons (Fsp3) is 0.750. The van der Waals surface area contributed by atoms with E-state index < -0.39 is 11.5 Å². The largest absolute Gasteiger partial charge is 0.465 e. The summed E-state index contributed by atoms with van der Waals surface area (Å²) in [5.41, 5.74) is -0.693. The van der Waals surface area contributed by atoms with E-state index in [1.807, 2.05) is 0 Å². The number of carboxylic acid groups (broad SMARTS) is 1. The number of hydrogen-bond donors (Lipinski definition) is 2. The van der Waals surface area contributed by atoms with E-state index >= 15 is 0 Å². The predicted molar refractivity (Wildman–Crippen MR) is 48.5 cm³/mol. The Morgan fingerprint density at radius 1 is 1.46 bits per heavy atom. The molecule has 0 aliphatic heterocycles. The molecule has 0 rings (SSSR count). The molecule has 5 heteroatoms. The van der Waals surface area contributed by atoms with Gasteiger partial charge < -0.3 is 15.3 Å². The Balaban J connectivity index is 4.32. The summed E-state index contributed by atoms with van der Waals surface area (Å²) in [6.07, 6.45) is -1.03. The van der Waals surface area contributed by atoms with Crippen molar-refractivity contribution >= 4 is 12.0 Å². The number of hydrogen-bond acceptors (Lipinski definition) is 2. The van der Waals surface area contributed by atoms with Crippen LogP contribution < -0.4 is 5.32 Å². The highest BCUT2D eigenvalue weighted by Crippen LogP contribution is 2.16. The summed E-state index contributed by atoms with van der Waals surface area (Å²) >= 11 is 0. The van der Waals surface area contributed by atoms with E-state index in [2.05, 4.69) is 5.32 Å². The molecule has 0 aromatic heterocycles. The molecule has 0 aromatic carbocycles. The molecule has 13 heavy (non-hydrogen) atoms. The zero-order chi connectivity index (χ0) is 10.6. The van der Waals surface area contributed by atoms with Crippen molar-refractivity contribution < 1.29 is 14.7 Å². The zero-order valence-electron chi connectivity index (χ0n) is 8.42. The predicted octanol–water partition coefficient (Wildman–Crippen LogP) is 0.368. The SMILES string of the molecule is CNC(=O)C(C)(C)CN(C)C(=O)O. The van der Waals surface area contributed by atoms with Gasteiger partial charge in [0.15, 0.2) is 0 Å². The molecule has 0 spiro atoms. The van der Waals surface area contributed by atoms with Crippen molar-refractivity contribution in [2.24, 2.45) is 5.41 Å². The molecule has 0 heterocycles. The lowest BCUT2D eigenvalue weighted by atomic mass is 9.92. The Kier molecular flexibility index (Phi) is 3.71. The zero-order valence-corrected chi connectivity index (χ0v) is 8.42. The van der Waals surface area contributed by atoms with E-state index in [-0.39, 0.29) is 12.5 Å². The van der Waals surface area contributed by atoms with Crippen LogP contribution in [0.15, 0.2) is 0 Å². The fourth-order valence-corrected chi connectivity index (χ4v) is 1.07. The minimum atomic E-state index is -1.03. The summed E-state index contributed by atoms with van der Waals surface area (Å²) in [7, 11) is 2.97. The van der Waals surface area contributed by atoms with Crippen molar-refractivity contribution in [3.8, 4) is 0 Å². The van der Waals surface area contributed by atoms with Crippen molar-refractivity contribution in [2.75, 3.05) is 20.6 Å². The highest BCUT2D eigenvalue weighted by molar-refractivity contribution is 5.82. The van der Waals surface area contributed by atoms with Gasteiger partial charge in [0.2, 0.25) is 5.91 Å². The molecular weight excluding hydrogens is 172 g/mol. The van der Waals surface area contributed by atoms with Crippen LogP contribution in [0.2, 0.25) is 0 Å². The van der Waals surface area contributed by atoms with Crippen molar-refractivity contribution in [1.82, 2.24) is 10.2 Å². The standard InChI is InChI=1S/C8H16N2O3/c1-8(2,6(11)9-3)5-10(4)7(12)13/h5H2,1-4H3,(H,9,11)(H,12,13). The number of nitrogens with zero attached hydrogens (tertiary/aromatic N) is 1. The summed E-state index contributed by atoms with van der Waals surface area (Å²) < 4.78 is 0. The molecule has 0 saturated heterocycles. The molecule has 76 valence electrons. The van der Waals surface area contributed by atoms with Crippen molar-refractivity contribution in [1.29, 1.82) is 0 Å². The summed E-state index contributed by atoms with van der Waals surface area (Å²) in [4.78, 5) is 22.8. The van der Waals surface area contributed by atoms with E-state index in [1.54, 1.807) is 13.8 Å². The van der Waals surface area contributed by atoms with Crippen LogP contribution >= 0.6 is 0 Å². The third-order valence-corrected chi connectivity index (χ3v) is 1.80. The molecule has 0 aliphatic carbocycles. The molecule has 0 saturated carbocycles. The first-order chi connectivity index (χ1) is 5.81. The molecule has 0 aromatic rings. The Hall–Kier alpha value is -1.26. The van der Waals surface area contributed by atoms with Crippen LogP contribution in [0.4, 0.5) is 4.79 Å². The van der Waals surface area contributed by atoms with E-state index in [0.29, 0.717) is 0 Å². The molecule has 0 unspecified atom stereocenters. The van der Waals surface area contributed by atoms with Crippen LogP contribution in [-0.4, -0.2) is 42.6 Å².